The number of halogens is 1. The Labute approximate surface area is 66.8 Å². The van der Waals surface area contributed by atoms with Crippen LogP contribution in [0.2, 0.25) is 0 Å². The Hall–Kier alpha value is -0.150. The first-order valence-corrected chi connectivity index (χ1v) is 4.27. The molecule has 1 heterocycles. The standard InChI is InChI=1S/C8H16FNO/c9-8(2-1-7-11)3-5-10-6-4-8/h10-11H,1-7H2. The second kappa shape index (κ2) is 4.02. The van der Waals surface area contributed by atoms with E-state index in [4.69, 9.17) is 5.11 Å². The van der Waals surface area contributed by atoms with Crippen molar-refractivity contribution in [3.05, 3.63) is 0 Å². The molecule has 11 heavy (non-hydrogen) atoms. The highest BCUT2D eigenvalue weighted by Gasteiger charge is 2.30. The molecule has 66 valence electrons. The summed E-state index contributed by atoms with van der Waals surface area (Å²) in [6.07, 6.45) is 2.32. The third-order valence-corrected chi connectivity index (χ3v) is 2.28. The van der Waals surface area contributed by atoms with Crippen LogP contribution < -0.4 is 5.32 Å². The number of rotatable bonds is 3. The fraction of sp³-hybridized carbons (Fsp3) is 1.00. The molecule has 1 fully saturated rings. The van der Waals surface area contributed by atoms with Crippen LogP contribution in [-0.2, 0) is 0 Å². The van der Waals surface area contributed by atoms with Crippen molar-refractivity contribution < 1.29 is 9.50 Å². The second-order valence-electron chi connectivity index (χ2n) is 3.23. The zero-order chi connectivity index (χ0) is 8.16. The lowest BCUT2D eigenvalue weighted by Gasteiger charge is -2.29. The molecule has 1 saturated heterocycles. The summed E-state index contributed by atoms with van der Waals surface area (Å²) >= 11 is 0. The lowest BCUT2D eigenvalue weighted by molar-refractivity contribution is 0.0939. The van der Waals surface area contributed by atoms with Crippen LogP contribution in [0.3, 0.4) is 0 Å². The zero-order valence-electron chi connectivity index (χ0n) is 6.77. The number of piperidine rings is 1. The topological polar surface area (TPSA) is 32.3 Å². The van der Waals surface area contributed by atoms with Crippen molar-refractivity contribution >= 4 is 0 Å². The van der Waals surface area contributed by atoms with Crippen LogP contribution in [0.25, 0.3) is 0 Å². The summed E-state index contributed by atoms with van der Waals surface area (Å²) in [5.41, 5.74) is -0.992. The average Bonchev–Trinajstić information content (AvgIpc) is 2.03. The molecule has 0 atom stereocenters. The van der Waals surface area contributed by atoms with Crippen molar-refractivity contribution in [1.29, 1.82) is 0 Å². The van der Waals surface area contributed by atoms with E-state index in [-0.39, 0.29) is 6.61 Å². The Bertz CT molecular complexity index is 113. The molecule has 3 heteroatoms. The maximum absolute atomic E-state index is 13.6. The highest BCUT2D eigenvalue weighted by atomic mass is 19.1. The van der Waals surface area contributed by atoms with Gasteiger partial charge in [-0.3, -0.25) is 0 Å². The first-order chi connectivity index (χ1) is 5.27. The molecular formula is C8H16FNO. The smallest absolute Gasteiger partial charge is 0.113 e. The largest absolute Gasteiger partial charge is 0.396 e. The average molecular weight is 161 g/mol. The van der Waals surface area contributed by atoms with Crippen LogP contribution in [0.15, 0.2) is 0 Å². The van der Waals surface area contributed by atoms with E-state index in [0.717, 1.165) is 13.1 Å². The van der Waals surface area contributed by atoms with E-state index < -0.39 is 5.67 Å². The van der Waals surface area contributed by atoms with Crippen LogP contribution in [-0.4, -0.2) is 30.5 Å². The fourth-order valence-electron chi connectivity index (χ4n) is 1.52. The molecule has 0 spiro atoms. The van der Waals surface area contributed by atoms with Crippen LogP contribution in [0.1, 0.15) is 25.7 Å². The van der Waals surface area contributed by atoms with Crippen molar-refractivity contribution in [1.82, 2.24) is 5.32 Å². The normalized spacial score (nSPS) is 23.5. The van der Waals surface area contributed by atoms with E-state index in [1.807, 2.05) is 0 Å². The number of hydrogen-bond donors (Lipinski definition) is 2. The van der Waals surface area contributed by atoms with Gasteiger partial charge < -0.3 is 10.4 Å². The predicted octanol–water partition coefficient (Wildman–Crippen LogP) is 0.851. The lowest BCUT2D eigenvalue weighted by atomic mass is 9.90. The van der Waals surface area contributed by atoms with Crippen molar-refractivity contribution in [3.8, 4) is 0 Å². The van der Waals surface area contributed by atoms with Gasteiger partial charge in [0.05, 0.1) is 0 Å². The van der Waals surface area contributed by atoms with Gasteiger partial charge in [-0.2, -0.15) is 0 Å². The minimum absolute atomic E-state index is 0.110. The molecule has 0 aliphatic carbocycles. The van der Waals surface area contributed by atoms with Crippen molar-refractivity contribution in [2.24, 2.45) is 0 Å². The van der Waals surface area contributed by atoms with E-state index in [9.17, 15) is 4.39 Å². The van der Waals surface area contributed by atoms with Gasteiger partial charge in [0.2, 0.25) is 0 Å². The maximum Gasteiger partial charge on any atom is 0.113 e. The Morgan fingerprint density at radius 1 is 1.36 bits per heavy atom. The summed E-state index contributed by atoms with van der Waals surface area (Å²) in [4.78, 5) is 0. The lowest BCUT2D eigenvalue weighted by Crippen LogP contribution is -2.38. The Morgan fingerprint density at radius 3 is 2.55 bits per heavy atom. The molecule has 0 saturated carbocycles. The highest BCUT2D eigenvalue weighted by Crippen LogP contribution is 2.27. The number of nitrogens with one attached hydrogen (secondary N) is 1. The van der Waals surface area contributed by atoms with E-state index in [2.05, 4.69) is 5.32 Å². The molecule has 0 radical (unpaired) electrons. The molecule has 0 aromatic rings. The van der Waals surface area contributed by atoms with Gasteiger partial charge in [-0.1, -0.05) is 0 Å². The van der Waals surface area contributed by atoms with Gasteiger partial charge in [-0.25, -0.2) is 4.39 Å². The fourth-order valence-corrected chi connectivity index (χ4v) is 1.52. The molecule has 2 N–H and O–H groups in total. The monoisotopic (exact) mass is 161 g/mol. The Morgan fingerprint density at radius 2 is 2.00 bits per heavy atom. The number of alkyl halides is 1. The summed E-state index contributed by atoms with van der Waals surface area (Å²) < 4.78 is 13.6. The summed E-state index contributed by atoms with van der Waals surface area (Å²) in [5.74, 6) is 0. The van der Waals surface area contributed by atoms with Gasteiger partial charge in [-0.05, 0) is 38.8 Å². The minimum atomic E-state index is -0.992. The summed E-state index contributed by atoms with van der Waals surface area (Å²) in [6.45, 7) is 1.67. The van der Waals surface area contributed by atoms with Crippen LogP contribution in [0.4, 0.5) is 4.39 Å². The molecule has 1 rings (SSSR count). The Kier molecular flexibility index (Phi) is 3.27. The van der Waals surface area contributed by atoms with E-state index in [1.165, 1.54) is 0 Å². The van der Waals surface area contributed by atoms with Gasteiger partial charge in [0.1, 0.15) is 5.67 Å². The summed E-state index contributed by atoms with van der Waals surface area (Å²) in [6, 6.07) is 0. The number of aliphatic hydroxyl groups excluding tert-OH is 1. The van der Waals surface area contributed by atoms with E-state index in [1.54, 1.807) is 0 Å². The predicted molar refractivity (Wildman–Crippen MR) is 42.3 cm³/mol. The number of aliphatic hydroxyl groups is 1. The third-order valence-electron chi connectivity index (χ3n) is 2.28. The maximum atomic E-state index is 13.6. The summed E-state index contributed by atoms with van der Waals surface area (Å²) in [7, 11) is 0. The molecular weight excluding hydrogens is 145 g/mol. The van der Waals surface area contributed by atoms with Gasteiger partial charge >= 0.3 is 0 Å². The molecule has 2 nitrogen and oxygen atoms in total. The van der Waals surface area contributed by atoms with Gasteiger partial charge in [-0.15, -0.1) is 0 Å². The van der Waals surface area contributed by atoms with Crippen molar-refractivity contribution in [2.75, 3.05) is 19.7 Å². The van der Waals surface area contributed by atoms with E-state index in [0.29, 0.717) is 25.7 Å². The third kappa shape index (κ3) is 2.75. The second-order valence-corrected chi connectivity index (χ2v) is 3.23. The molecule has 0 aromatic carbocycles. The van der Waals surface area contributed by atoms with Crippen LogP contribution >= 0.6 is 0 Å². The van der Waals surface area contributed by atoms with E-state index >= 15 is 0 Å². The molecule has 0 unspecified atom stereocenters. The first-order valence-electron chi connectivity index (χ1n) is 4.27. The van der Waals surface area contributed by atoms with Gasteiger partial charge in [0.25, 0.3) is 0 Å². The van der Waals surface area contributed by atoms with Crippen LogP contribution in [0.5, 0.6) is 0 Å². The molecule has 0 bridgehead atoms. The number of hydrogen-bond acceptors (Lipinski definition) is 2. The SMILES string of the molecule is OCCCC1(F)CCNCC1. The van der Waals surface area contributed by atoms with Crippen molar-refractivity contribution in [3.63, 3.8) is 0 Å². The minimum Gasteiger partial charge on any atom is -0.396 e. The zero-order valence-corrected chi connectivity index (χ0v) is 6.77. The molecule has 1 aliphatic rings. The van der Waals surface area contributed by atoms with Crippen molar-refractivity contribution in [2.45, 2.75) is 31.4 Å². The van der Waals surface area contributed by atoms with Crippen LogP contribution in [0, 0.1) is 0 Å². The molecule has 0 aromatic heterocycles. The summed E-state index contributed by atoms with van der Waals surface area (Å²) in [5, 5.41) is 11.6. The first kappa shape index (κ1) is 8.94. The highest BCUT2D eigenvalue weighted by molar-refractivity contribution is 4.84. The Balaban J connectivity index is 2.25. The molecule has 1 aliphatic heterocycles. The quantitative estimate of drug-likeness (QED) is 0.643. The molecule has 0 amide bonds. The van der Waals surface area contributed by atoms with Gasteiger partial charge in [0.15, 0.2) is 0 Å². The van der Waals surface area contributed by atoms with Gasteiger partial charge in [0, 0.05) is 6.61 Å².